The summed E-state index contributed by atoms with van der Waals surface area (Å²) < 4.78 is 7.97. The number of hydrogen-bond acceptors (Lipinski definition) is 4. The molecule has 2 heterocycles. The maximum absolute atomic E-state index is 9.14. The van der Waals surface area contributed by atoms with E-state index >= 15 is 0 Å². The minimum Gasteiger partial charge on any atom is -0.394 e. The summed E-state index contributed by atoms with van der Waals surface area (Å²) in [5, 5.41) is 17.3. The minimum atomic E-state index is 0.118. The summed E-state index contributed by atoms with van der Waals surface area (Å²) in [6.07, 6.45) is 2.50. The summed E-state index contributed by atoms with van der Waals surface area (Å²) in [4.78, 5) is 0. The van der Waals surface area contributed by atoms with Gasteiger partial charge in [-0.2, -0.15) is 5.10 Å². The Morgan fingerprint density at radius 1 is 1.28 bits per heavy atom. The van der Waals surface area contributed by atoms with Crippen molar-refractivity contribution in [3.05, 3.63) is 52.8 Å². The molecule has 0 bridgehead atoms. The summed E-state index contributed by atoms with van der Waals surface area (Å²) in [5.74, 6) is 0.490. The summed E-state index contributed by atoms with van der Waals surface area (Å²) >= 11 is 0. The third-order valence-electron chi connectivity index (χ3n) is 5.12. The summed E-state index contributed by atoms with van der Waals surface area (Å²) in [7, 11) is 0. The molecular weight excluding hydrogens is 314 g/mol. The van der Waals surface area contributed by atoms with Crippen LogP contribution in [0.2, 0.25) is 0 Å². The van der Waals surface area contributed by atoms with Crippen molar-refractivity contribution in [1.29, 1.82) is 0 Å². The Hall–Kier alpha value is -1.69. The first-order valence-electron chi connectivity index (χ1n) is 9.21. The smallest absolute Gasteiger partial charge is 0.0865 e. The van der Waals surface area contributed by atoms with Crippen LogP contribution in [0.25, 0.3) is 0 Å². The number of aryl methyl sites for hydroxylation is 1. The van der Waals surface area contributed by atoms with Crippen molar-refractivity contribution >= 4 is 0 Å². The molecule has 0 spiro atoms. The minimum absolute atomic E-state index is 0.118. The van der Waals surface area contributed by atoms with Gasteiger partial charge in [-0.1, -0.05) is 30.3 Å². The van der Waals surface area contributed by atoms with Gasteiger partial charge in [-0.05, 0) is 32.3 Å². The Morgan fingerprint density at radius 3 is 2.84 bits per heavy atom. The predicted molar refractivity (Wildman–Crippen MR) is 98.4 cm³/mol. The maximum Gasteiger partial charge on any atom is 0.0865 e. The highest BCUT2D eigenvalue weighted by molar-refractivity contribution is 5.24. The number of nitrogens with one attached hydrogen (secondary N) is 1. The molecule has 5 nitrogen and oxygen atoms in total. The fourth-order valence-corrected chi connectivity index (χ4v) is 3.75. The third-order valence-corrected chi connectivity index (χ3v) is 5.12. The van der Waals surface area contributed by atoms with Gasteiger partial charge in [0.15, 0.2) is 0 Å². The van der Waals surface area contributed by atoms with E-state index in [1.54, 1.807) is 0 Å². The van der Waals surface area contributed by atoms with Crippen LogP contribution < -0.4 is 5.32 Å². The molecule has 1 aromatic carbocycles. The lowest BCUT2D eigenvalue weighted by Crippen LogP contribution is -2.32. The summed E-state index contributed by atoms with van der Waals surface area (Å²) in [5.41, 5.74) is 4.69. The first-order valence-corrected chi connectivity index (χ1v) is 9.21. The molecule has 25 heavy (non-hydrogen) atoms. The van der Waals surface area contributed by atoms with E-state index in [-0.39, 0.29) is 12.7 Å². The van der Waals surface area contributed by atoms with Crippen LogP contribution in [-0.4, -0.2) is 34.6 Å². The van der Waals surface area contributed by atoms with E-state index in [0.717, 1.165) is 37.5 Å². The molecule has 1 aromatic heterocycles. The first kappa shape index (κ1) is 18.1. The van der Waals surface area contributed by atoms with Gasteiger partial charge in [0, 0.05) is 36.9 Å². The van der Waals surface area contributed by atoms with Crippen LogP contribution in [0.1, 0.15) is 41.5 Å². The zero-order chi connectivity index (χ0) is 17.6. The molecule has 2 atom stereocenters. The van der Waals surface area contributed by atoms with Crippen molar-refractivity contribution in [3.63, 3.8) is 0 Å². The summed E-state index contributed by atoms with van der Waals surface area (Å²) in [6.45, 7) is 7.37. The first-order chi connectivity index (χ1) is 12.2. The van der Waals surface area contributed by atoms with Gasteiger partial charge in [0.1, 0.15) is 0 Å². The molecule has 1 aliphatic heterocycles. The monoisotopic (exact) mass is 343 g/mol. The topological polar surface area (TPSA) is 59.3 Å². The quantitative estimate of drug-likeness (QED) is 0.812. The average Bonchev–Trinajstić information content (AvgIpc) is 2.91. The van der Waals surface area contributed by atoms with Crippen LogP contribution in [0.4, 0.5) is 0 Å². The van der Waals surface area contributed by atoms with Gasteiger partial charge in [0.2, 0.25) is 0 Å². The number of hydrogen-bond donors (Lipinski definition) is 2. The van der Waals surface area contributed by atoms with Crippen LogP contribution in [0.15, 0.2) is 30.3 Å². The van der Waals surface area contributed by atoms with Gasteiger partial charge in [-0.3, -0.25) is 4.68 Å². The average molecular weight is 343 g/mol. The second-order valence-corrected chi connectivity index (χ2v) is 6.83. The van der Waals surface area contributed by atoms with Crippen molar-refractivity contribution < 1.29 is 9.84 Å². The number of aliphatic hydroxyl groups excluding tert-OH is 1. The molecule has 1 aliphatic rings. The van der Waals surface area contributed by atoms with Crippen molar-refractivity contribution in [2.45, 2.75) is 45.9 Å². The Kier molecular flexibility index (Phi) is 6.24. The van der Waals surface area contributed by atoms with Crippen LogP contribution in [0, 0.1) is 19.8 Å². The second kappa shape index (κ2) is 8.61. The van der Waals surface area contributed by atoms with Gasteiger partial charge >= 0.3 is 0 Å². The third kappa shape index (κ3) is 4.29. The van der Waals surface area contributed by atoms with Gasteiger partial charge in [-0.15, -0.1) is 0 Å². The van der Waals surface area contributed by atoms with Crippen LogP contribution in [0.3, 0.4) is 0 Å². The van der Waals surface area contributed by atoms with E-state index < -0.39 is 0 Å². The zero-order valence-corrected chi connectivity index (χ0v) is 15.2. The van der Waals surface area contributed by atoms with Gasteiger partial charge in [-0.25, -0.2) is 0 Å². The fourth-order valence-electron chi connectivity index (χ4n) is 3.75. The normalized spacial score (nSPS) is 20.8. The molecular formula is C20H29N3O2. The molecule has 0 amide bonds. The highest BCUT2D eigenvalue weighted by Gasteiger charge is 2.27. The van der Waals surface area contributed by atoms with E-state index in [0.29, 0.717) is 12.5 Å². The molecule has 1 saturated heterocycles. The molecule has 136 valence electrons. The molecule has 0 aliphatic carbocycles. The van der Waals surface area contributed by atoms with Gasteiger partial charge < -0.3 is 15.2 Å². The summed E-state index contributed by atoms with van der Waals surface area (Å²) in [6, 6.07) is 10.5. The van der Waals surface area contributed by atoms with Crippen LogP contribution >= 0.6 is 0 Å². The molecule has 1 fully saturated rings. The van der Waals surface area contributed by atoms with Crippen molar-refractivity contribution in [3.8, 4) is 0 Å². The number of ether oxygens (including phenoxy) is 1. The maximum atomic E-state index is 9.14. The molecule has 2 unspecified atom stereocenters. The molecule has 0 saturated carbocycles. The number of nitrogens with zero attached hydrogens (tertiary/aromatic N) is 2. The van der Waals surface area contributed by atoms with E-state index in [1.807, 2.05) is 11.6 Å². The van der Waals surface area contributed by atoms with E-state index in [2.05, 4.69) is 47.7 Å². The molecule has 0 radical (unpaired) electrons. The Bertz CT molecular complexity index is 669. The standard InChI is InChI=1S/C20H29N3O2/c1-15-19(16(2)23(22-15)10-11-24)14-21-13-18-9-6-12-25-20(18)17-7-4-3-5-8-17/h3-5,7-8,18,20-21,24H,6,9-14H2,1-2H3. The largest absolute Gasteiger partial charge is 0.394 e. The molecule has 2 N–H and O–H groups in total. The van der Waals surface area contributed by atoms with E-state index in [4.69, 9.17) is 9.84 Å². The second-order valence-electron chi connectivity index (χ2n) is 6.83. The lowest BCUT2D eigenvalue weighted by molar-refractivity contribution is -0.0278. The fraction of sp³-hybridized carbons (Fsp3) is 0.550. The van der Waals surface area contributed by atoms with Crippen LogP contribution in [-0.2, 0) is 17.8 Å². The lowest BCUT2D eigenvalue weighted by Gasteiger charge is -2.32. The number of aromatic nitrogens is 2. The van der Waals surface area contributed by atoms with Crippen LogP contribution in [0.5, 0.6) is 0 Å². The molecule has 2 aromatic rings. The highest BCUT2D eigenvalue weighted by atomic mass is 16.5. The Morgan fingerprint density at radius 2 is 2.08 bits per heavy atom. The highest BCUT2D eigenvalue weighted by Crippen LogP contribution is 2.33. The number of benzene rings is 1. The zero-order valence-electron chi connectivity index (χ0n) is 15.2. The molecule has 5 heteroatoms. The SMILES string of the molecule is Cc1nn(CCO)c(C)c1CNCC1CCCOC1c1ccccc1. The Labute approximate surface area is 150 Å². The Balaban J connectivity index is 1.61. The number of aliphatic hydroxyl groups is 1. The van der Waals surface area contributed by atoms with E-state index in [1.165, 1.54) is 17.5 Å². The van der Waals surface area contributed by atoms with E-state index in [9.17, 15) is 0 Å². The van der Waals surface area contributed by atoms with Crippen molar-refractivity contribution in [2.24, 2.45) is 5.92 Å². The van der Waals surface area contributed by atoms with Gasteiger partial charge in [0.25, 0.3) is 0 Å². The van der Waals surface area contributed by atoms with Gasteiger partial charge in [0.05, 0.1) is 24.9 Å². The molecule has 3 rings (SSSR count). The number of rotatable bonds is 7. The lowest BCUT2D eigenvalue weighted by atomic mass is 9.89. The van der Waals surface area contributed by atoms with Crippen molar-refractivity contribution in [1.82, 2.24) is 15.1 Å². The van der Waals surface area contributed by atoms with Crippen molar-refractivity contribution in [2.75, 3.05) is 19.8 Å². The predicted octanol–water partition coefficient (Wildman–Crippen LogP) is 2.75.